The van der Waals surface area contributed by atoms with Crippen LogP contribution in [0.2, 0.25) is 0 Å². The third-order valence-corrected chi connectivity index (χ3v) is 6.56. The minimum Gasteiger partial charge on any atom is -0.192 e. The zero-order valence-corrected chi connectivity index (χ0v) is 19.6. The molecule has 6 rings (SSSR count). The van der Waals surface area contributed by atoms with E-state index in [4.69, 9.17) is 5.26 Å². The SMILES string of the molecule is N#Cc1ccc(C#Cc2c3ccccc3c(-c3ccccc3-c3ccccc3)c3ccccc23)cc1. The number of rotatable bonds is 2. The van der Waals surface area contributed by atoms with Crippen LogP contribution in [0.25, 0.3) is 43.8 Å². The molecule has 0 radical (unpaired) electrons. The van der Waals surface area contributed by atoms with Gasteiger partial charge in [0.05, 0.1) is 11.6 Å². The first-order valence-corrected chi connectivity index (χ1v) is 11.9. The summed E-state index contributed by atoms with van der Waals surface area (Å²) in [6, 6.07) is 45.9. The van der Waals surface area contributed by atoms with Gasteiger partial charge in [0, 0.05) is 11.1 Å². The molecule has 6 aromatic rings. The van der Waals surface area contributed by atoms with Crippen molar-refractivity contribution in [2.45, 2.75) is 0 Å². The topological polar surface area (TPSA) is 23.8 Å². The zero-order valence-electron chi connectivity index (χ0n) is 19.6. The molecular formula is C35H21N. The van der Waals surface area contributed by atoms with E-state index in [1.54, 1.807) is 0 Å². The van der Waals surface area contributed by atoms with Crippen LogP contribution in [0.3, 0.4) is 0 Å². The first kappa shape index (κ1) is 21.4. The minimum atomic E-state index is 0.637. The van der Waals surface area contributed by atoms with Crippen LogP contribution in [0, 0.1) is 23.2 Å². The first-order chi connectivity index (χ1) is 17.8. The van der Waals surface area contributed by atoms with Crippen molar-refractivity contribution in [2.24, 2.45) is 0 Å². The van der Waals surface area contributed by atoms with E-state index >= 15 is 0 Å². The van der Waals surface area contributed by atoms with Crippen molar-refractivity contribution in [3.05, 3.63) is 144 Å². The Hall–Kier alpha value is -5.11. The molecule has 0 aliphatic heterocycles. The molecule has 0 saturated heterocycles. The van der Waals surface area contributed by atoms with Gasteiger partial charge in [-0.05, 0) is 68.1 Å². The van der Waals surface area contributed by atoms with Gasteiger partial charge in [0.25, 0.3) is 0 Å². The highest BCUT2D eigenvalue weighted by Gasteiger charge is 2.16. The van der Waals surface area contributed by atoms with Gasteiger partial charge in [0.2, 0.25) is 0 Å². The van der Waals surface area contributed by atoms with Crippen molar-refractivity contribution in [2.75, 3.05) is 0 Å². The molecule has 0 heterocycles. The Balaban J connectivity index is 1.65. The molecule has 0 saturated carbocycles. The summed E-state index contributed by atoms with van der Waals surface area (Å²) in [4.78, 5) is 0. The fourth-order valence-electron chi connectivity index (χ4n) is 4.89. The second kappa shape index (κ2) is 9.27. The van der Waals surface area contributed by atoms with Crippen molar-refractivity contribution < 1.29 is 0 Å². The fraction of sp³-hybridized carbons (Fsp3) is 0. The van der Waals surface area contributed by atoms with Crippen LogP contribution < -0.4 is 0 Å². The lowest BCUT2D eigenvalue weighted by Crippen LogP contribution is -1.92. The van der Waals surface area contributed by atoms with Crippen molar-refractivity contribution >= 4 is 21.5 Å². The summed E-state index contributed by atoms with van der Waals surface area (Å²) in [5.74, 6) is 6.81. The second-order valence-electron chi connectivity index (χ2n) is 8.69. The summed E-state index contributed by atoms with van der Waals surface area (Å²) in [7, 11) is 0. The maximum absolute atomic E-state index is 9.10. The van der Waals surface area contributed by atoms with Crippen LogP contribution in [0.4, 0.5) is 0 Å². The van der Waals surface area contributed by atoms with Crippen LogP contribution in [0.15, 0.2) is 127 Å². The summed E-state index contributed by atoms with van der Waals surface area (Å²) >= 11 is 0. The van der Waals surface area contributed by atoms with E-state index in [1.165, 1.54) is 33.0 Å². The van der Waals surface area contributed by atoms with Crippen LogP contribution in [-0.2, 0) is 0 Å². The summed E-state index contributed by atoms with van der Waals surface area (Å²) in [6.45, 7) is 0. The van der Waals surface area contributed by atoms with Gasteiger partial charge < -0.3 is 0 Å². The van der Waals surface area contributed by atoms with Gasteiger partial charge in [-0.2, -0.15) is 5.26 Å². The Morgan fingerprint density at radius 1 is 0.417 bits per heavy atom. The van der Waals surface area contributed by atoms with E-state index in [9.17, 15) is 0 Å². The third-order valence-electron chi connectivity index (χ3n) is 6.56. The standard InChI is InChI=1S/C35H21N/c36-24-26-20-18-25(19-21-26)22-23-31-29-13-5-8-16-33(29)35(34-17-9-6-14-30(31)34)32-15-7-4-12-28(32)27-10-2-1-3-11-27/h1-21H. The molecule has 0 atom stereocenters. The Kier molecular flexibility index (Phi) is 5.51. The molecule has 0 unspecified atom stereocenters. The molecule has 0 amide bonds. The van der Waals surface area contributed by atoms with Crippen molar-refractivity contribution in [3.8, 4) is 40.2 Å². The molecule has 166 valence electrons. The van der Waals surface area contributed by atoms with Crippen molar-refractivity contribution in [1.82, 2.24) is 0 Å². The highest BCUT2D eigenvalue weighted by molar-refractivity contribution is 6.17. The number of hydrogen-bond acceptors (Lipinski definition) is 1. The lowest BCUT2D eigenvalue weighted by atomic mass is 9.85. The number of hydrogen-bond donors (Lipinski definition) is 0. The number of nitriles is 1. The number of nitrogens with zero attached hydrogens (tertiary/aromatic N) is 1. The number of fused-ring (bicyclic) bond motifs is 2. The molecule has 1 nitrogen and oxygen atoms in total. The molecule has 36 heavy (non-hydrogen) atoms. The van der Waals surface area contributed by atoms with Crippen LogP contribution >= 0.6 is 0 Å². The average Bonchev–Trinajstić information content (AvgIpc) is 2.96. The molecule has 0 aliphatic rings. The summed E-state index contributed by atoms with van der Waals surface area (Å²) < 4.78 is 0. The molecule has 6 aromatic carbocycles. The van der Waals surface area contributed by atoms with Gasteiger partial charge in [-0.15, -0.1) is 0 Å². The van der Waals surface area contributed by atoms with Crippen molar-refractivity contribution in [3.63, 3.8) is 0 Å². The van der Waals surface area contributed by atoms with E-state index in [0.717, 1.165) is 21.9 Å². The van der Waals surface area contributed by atoms with Gasteiger partial charge in [0.1, 0.15) is 0 Å². The Bertz CT molecular complexity index is 1770. The largest absolute Gasteiger partial charge is 0.192 e. The van der Waals surface area contributed by atoms with Crippen LogP contribution in [-0.4, -0.2) is 0 Å². The molecule has 0 N–H and O–H groups in total. The van der Waals surface area contributed by atoms with Crippen molar-refractivity contribution in [1.29, 1.82) is 5.26 Å². The minimum absolute atomic E-state index is 0.637. The van der Waals surface area contributed by atoms with Gasteiger partial charge >= 0.3 is 0 Å². The highest BCUT2D eigenvalue weighted by atomic mass is 14.2. The van der Waals surface area contributed by atoms with Gasteiger partial charge in [-0.25, -0.2) is 0 Å². The van der Waals surface area contributed by atoms with E-state index in [1.807, 2.05) is 24.3 Å². The number of benzene rings is 6. The lowest BCUT2D eigenvalue weighted by Gasteiger charge is -2.17. The zero-order chi connectivity index (χ0) is 24.3. The normalized spacial score (nSPS) is 10.5. The maximum Gasteiger partial charge on any atom is 0.0991 e. The molecule has 0 fully saturated rings. The smallest absolute Gasteiger partial charge is 0.0991 e. The van der Waals surface area contributed by atoms with E-state index in [2.05, 4.69) is 121 Å². The van der Waals surface area contributed by atoms with E-state index < -0.39 is 0 Å². The average molecular weight is 456 g/mol. The molecular weight excluding hydrogens is 434 g/mol. The molecule has 0 aliphatic carbocycles. The third kappa shape index (κ3) is 3.80. The second-order valence-corrected chi connectivity index (χ2v) is 8.69. The maximum atomic E-state index is 9.10. The van der Waals surface area contributed by atoms with Gasteiger partial charge in [-0.3, -0.25) is 0 Å². The Morgan fingerprint density at radius 3 is 1.53 bits per heavy atom. The molecule has 0 bridgehead atoms. The molecule has 0 spiro atoms. The van der Waals surface area contributed by atoms with E-state index in [0.29, 0.717) is 5.56 Å². The van der Waals surface area contributed by atoms with Gasteiger partial charge in [-0.1, -0.05) is 115 Å². The molecule has 0 aromatic heterocycles. The lowest BCUT2D eigenvalue weighted by molar-refractivity contribution is 1.48. The van der Waals surface area contributed by atoms with Crippen LogP contribution in [0.1, 0.15) is 16.7 Å². The predicted octanol–water partition coefficient (Wildman–Crippen LogP) is 8.60. The van der Waals surface area contributed by atoms with E-state index in [-0.39, 0.29) is 0 Å². The quantitative estimate of drug-likeness (QED) is 0.189. The Labute approximate surface area is 210 Å². The summed E-state index contributed by atoms with van der Waals surface area (Å²) in [5, 5.41) is 13.7. The summed E-state index contributed by atoms with van der Waals surface area (Å²) in [6.07, 6.45) is 0. The fourth-order valence-corrected chi connectivity index (χ4v) is 4.89. The first-order valence-electron chi connectivity index (χ1n) is 11.9. The molecule has 1 heteroatoms. The predicted molar refractivity (Wildman–Crippen MR) is 149 cm³/mol. The highest BCUT2D eigenvalue weighted by Crippen LogP contribution is 2.42. The monoisotopic (exact) mass is 455 g/mol. The van der Waals surface area contributed by atoms with Gasteiger partial charge in [0.15, 0.2) is 0 Å². The Morgan fingerprint density at radius 2 is 0.917 bits per heavy atom. The summed E-state index contributed by atoms with van der Waals surface area (Å²) in [5.41, 5.74) is 7.40. The van der Waals surface area contributed by atoms with Crippen LogP contribution in [0.5, 0.6) is 0 Å².